The Morgan fingerprint density at radius 3 is 2.38 bits per heavy atom. The Morgan fingerprint density at radius 2 is 1.81 bits per heavy atom. The average Bonchev–Trinajstić information content (AvgIpc) is 2.45. The lowest BCUT2D eigenvalue weighted by molar-refractivity contribution is -0.384. The van der Waals surface area contributed by atoms with Gasteiger partial charge in [-0.15, -0.1) is 0 Å². The second-order valence-electron chi connectivity index (χ2n) is 4.21. The molecule has 0 aliphatic heterocycles. The van der Waals surface area contributed by atoms with Gasteiger partial charge in [-0.05, 0) is 29.8 Å². The summed E-state index contributed by atoms with van der Waals surface area (Å²) in [6.45, 7) is 0.138. The minimum Gasteiger partial charge on any atom is -0.258 e. The maximum Gasteiger partial charge on any atom is 0.269 e. The summed E-state index contributed by atoms with van der Waals surface area (Å²) in [5.41, 5.74) is 0.649. The topological polar surface area (TPSA) is 89.3 Å². The first-order valence-corrected chi connectivity index (χ1v) is 8.15. The SMILES string of the molecule is O=[N+]([O-])c1ccc(S(=O)(=O)NCc2cccc(Br)c2)cc1. The smallest absolute Gasteiger partial charge is 0.258 e. The minimum absolute atomic E-state index is 0.0110. The van der Waals surface area contributed by atoms with Crippen molar-refractivity contribution in [3.8, 4) is 0 Å². The van der Waals surface area contributed by atoms with Crippen LogP contribution >= 0.6 is 15.9 Å². The molecule has 0 aliphatic carbocycles. The molecule has 2 aromatic rings. The summed E-state index contributed by atoms with van der Waals surface area (Å²) < 4.78 is 27.5. The molecule has 2 rings (SSSR count). The van der Waals surface area contributed by atoms with Crippen molar-refractivity contribution in [1.82, 2.24) is 4.72 Å². The quantitative estimate of drug-likeness (QED) is 0.647. The lowest BCUT2D eigenvalue weighted by Gasteiger charge is -2.07. The van der Waals surface area contributed by atoms with E-state index in [-0.39, 0.29) is 17.1 Å². The van der Waals surface area contributed by atoms with E-state index < -0.39 is 14.9 Å². The molecule has 0 amide bonds. The molecule has 0 bridgehead atoms. The molecule has 0 unspecified atom stereocenters. The molecule has 0 heterocycles. The van der Waals surface area contributed by atoms with Crippen LogP contribution in [0.5, 0.6) is 0 Å². The van der Waals surface area contributed by atoms with E-state index in [4.69, 9.17) is 0 Å². The molecule has 0 aromatic heterocycles. The zero-order valence-corrected chi connectivity index (χ0v) is 13.1. The Labute approximate surface area is 130 Å². The summed E-state index contributed by atoms with van der Waals surface area (Å²) >= 11 is 3.31. The first kappa shape index (κ1) is 15.6. The van der Waals surface area contributed by atoms with Crippen LogP contribution in [0.25, 0.3) is 0 Å². The Bertz CT molecular complexity index is 760. The zero-order chi connectivity index (χ0) is 15.5. The number of nitro groups is 1. The maximum atomic E-state index is 12.1. The standard InChI is InChI=1S/C13H11BrN2O4S/c14-11-3-1-2-10(8-11)9-15-21(19,20)13-6-4-12(5-7-13)16(17)18/h1-8,15H,9H2. The van der Waals surface area contributed by atoms with Crippen molar-refractivity contribution in [3.05, 3.63) is 68.7 Å². The van der Waals surface area contributed by atoms with Crippen LogP contribution < -0.4 is 4.72 Å². The Morgan fingerprint density at radius 1 is 1.14 bits per heavy atom. The highest BCUT2D eigenvalue weighted by atomic mass is 79.9. The largest absolute Gasteiger partial charge is 0.269 e. The lowest BCUT2D eigenvalue weighted by atomic mass is 10.2. The molecule has 0 saturated heterocycles. The van der Waals surface area contributed by atoms with Crippen LogP contribution in [-0.2, 0) is 16.6 Å². The van der Waals surface area contributed by atoms with E-state index in [0.29, 0.717) is 0 Å². The highest BCUT2D eigenvalue weighted by molar-refractivity contribution is 9.10. The van der Waals surface area contributed by atoms with E-state index in [1.807, 2.05) is 6.07 Å². The predicted molar refractivity (Wildman–Crippen MR) is 81.3 cm³/mol. The first-order chi connectivity index (χ1) is 9.88. The molecule has 21 heavy (non-hydrogen) atoms. The van der Waals surface area contributed by atoms with Gasteiger partial charge in [0.1, 0.15) is 0 Å². The van der Waals surface area contributed by atoms with E-state index in [1.165, 1.54) is 12.1 Å². The van der Waals surface area contributed by atoms with Gasteiger partial charge in [0.05, 0.1) is 9.82 Å². The van der Waals surface area contributed by atoms with Crippen LogP contribution in [0, 0.1) is 10.1 Å². The van der Waals surface area contributed by atoms with Crippen molar-refractivity contribution in [2.24, 2.45) is 0 Å². The first-order valence-electron chi connectivity index (χ1n) is 5.87. The zero-order valence-electron chi connectivity index (χ0n) is 10.7. The van der Waals surface area contributed by atoms with E-state index in [1.54, 1.807) is 18.2 Å². The molecular weight excluding hydrogens is 360 g/mol. The second-order valence-corrected chi connectivity index (χ2v) is 6.89. The number of non-ortho nitro benzene ring substituents is 1. The van der Waals surface area contributed by atoms with Crippen molar-refractivity contribution in [2.45, 2.75) is 11.4 Å². The normalized spacial score (nSPS) is 11.3. The van der Waals surface area contributed by atoms with Crippen molar-refractivity contribution >= 4 is 31.6 Å². The molecule has 0 aliphatic rings. The van der Waals surface area contributed by atoms with Crippen LogP contribution in [0.3, 0.4) is 0 Å². The van der Waals surface area contributed by atoms with Crippen molar-refractivity contribution in [1.29, 1.82) is 0 Å². The van der Waals surface area contributed by atoms with Crippen LogP contribution in [0.15, 0.2) is 57.9 Å². The summed E-state index contributed by atoms with van der Waals surface area (Å²) in [6.07, 6.45) is 0. The second kappa shape index (κ2) is 6.33. The molecule has 6 nitrogen and oxygen atoms in total. The third-order valence-corrected chi connectivity index (χ3v) is 4.62. The molecule has 2 aromatic carbocycles. The van der Waals surface area contributed by atoms with E-state index >= 15 is 0 Å². The number of nitrogens with one attached hydrogen (secondary N) is 1. The molecule has 0 radical (unpaired) electrons. The number of nitro benzene ring substituents is 1. The van der Waals surface area contributed by atoms with E-state index in [9.17, 15) is 18.5 Å². The van der Waals surface area contributed by atoms with Crippen LogP contribution in [-0.4, -0.2) is 13.3 Å². The number of sulfonamides is 1. The molecule has 0 saturated carbocycles. The number of benzene rings is 2. The van der Waals surface area contributed by atoms with Gasteiger partial charge < -0.3 is 0 Å². The number of halogens is 1. The molecule has 0 fully saturated rings. The van der Waals surface area contributed by atoms with Crippen LogP contribution in [0.1, 0.15) is 5.56 Å². The third-order valence-electron chi connectivity index (χ3n) is 2.71. The molecule has 1 N–H and O–H groups in total. The Kier molecular flexibility index (Phi) is 4.71. The van der Waals surface area contributed by atoms with Gasteiger partial charge >= 0.3 is 0 Å². The third kappa shape index (κ3) is 4.10. The number of hydrogen-bond donors (Lipinski definition) is 1. The van der Waals surface area contributed by atoms with Gasteiger partial charge in [0, 0.05) is 23.2 Å². The number of nitrogens with zero attached hydrogens (tertiary/aromatic N) is 1. The molecule has 110 valence electrons. The average molecular weight is 371 g/mol. The maximum absolute atomic E-state index is 12.1. The van der Waals surface area contributed by atoms with Gasteiger partial charge in [-0.1, -0.05) is 28.1 Å². The van der Waals surface area contributed by atoms with E-state index in [0.717, 1.165) is 22.2 Å². The van der Waals surface area contributed by atoms with Gasteiger partial charge in [-0.25, -0.2) is 13.1 Å². The highest BCUT2D eigenvalue weighted by Crippen LogP contribution is 2.16. The van der Waals surface area contributed by atoms with Gasteiger partial charge in [0.25, 0.3) is 5.69 Å². The van der Waals surface area contributed by atoms with Crippen molar-refractivity contribution < 1.29 is 13.3 Å². The fourth-order valence-electron chi connectivity index (χ4n) is 1.66. The highest BCUT2D eigenvalue weighted by Gasteiger charge is 2.15. The summed E-state index contributed by atoms with van der Waals surface area (Å²) in [5.74, 6) is 0. The molecule has 8 heteroatoms. The Balaban J connectivity index is 2.13. The van der Waals surface area contributed by atoms with Gasteiger partial charge in [-0.3, -0.25) is 10.1 Å². The Hall–Kier alpha value is -1.77. The number of rotatable bonds is 5. The fraction of sp³-hybridized carbons (Fsp3) is 0.0769. The summed E-state index contributed by atoms with van der Waals surface area (Å²) in [6, 6.07) is 12.0. The van der Waals surface area contributed by atoms with Crippen LogP contribution in [0.4, 0.5) is 5.69 Å². The summed E-state index contributed by atoms with van der Waals surface area (Å²) in [7, 11) is -3.70. The summed E-state index contributed by atoms with van der Waals surface area (Å²) in [4.78, 5) is 9.95. The number of hydrogen-bond acceptors (Lipinski definition) is 4. The fourth-order valence-corrected chi connectivity index (χ4v) is 3.12. The molecular formula is C13H11BrN2O4S. The van der Waals surface area contributed by atoms with Crippen LogP contribution in [0.2, 0.25) is 0 Å². The van der Waals surface area contributed by atoms with Gasteiger partial charge in [-0.2, -0.15) is 0 Å². The summed E-state index contributed by atoms with van der Waals surface area (Å²) in [5, 5.41) is 10.5. The lowest BCUT2D eigenvalue weighted by Crippen LogP contribution is -2.23. The molecule has 0 spiro atoms. The minimum atomic E-state index is -3.70. The molecule has 0 atom stereocenters. The van der Waals surface area contributed by atoms with Crippen molar-refractivity contribution in [2.75, 3.05) is 0 Å². The monoisotopic (exact) mass is 370 g/mol. The van der Waals surface area contributed by atoms with E-state index in [2.05, 4.69) is 20.7 Å². The predicted octanol–water partition coefficient (Wildman–Crippen LogP) is 2.84. The van der Waals surface area contributed by atoms with Gasteiger partial charge in [0.2, 0.25) is 10.0 Å². The van der Waals surface area contributed by atoms with Gasteiger partial charge in [0.15, 0.2) is 0 Å². The van der Waals surface area contributed by atoms with Crippen molar-refractivity contribution in [3.63, 3.8) is 0 Å².